The lowest BCUT2D eigenvalue weighted by Gasteiger charge is -2.51. The highest BCUT2D eigenvalue weighted by atomic mass is 16.5. The van der Waals surface area contributed by atoms with E-state index >= 15 is 0 Å². The number of quaternary nitrogens is 1. The second-order valence-electron chi connectivity index (χ2n) is 7.77. The fourth-order valence-corrected chi connectivity index (χ4v) is 4.81. The van der Waals surface area contributed by atoms with Crippen LogP contribution in [0.15, 0.2) is 24.3 Å². The molecule has 4 nitrogen and oxygen atoms in total. The Balaban J connectivity index is 1.49. The smallest absolute Gasteiger partial charge is 0.338 e. The van der Waals surface area contributed by atoms with Gasteiger partial charge in [0.25, 0.3) is 0 Å². The summed E-state index contributed by atoms with van der Waals surface area (Å²) in [6, 6.07) is 7.98. The first-order valence-corrected chi connectivity index (χ1v) is 9.86. The van der Waals surface area contributed by atoms with Crippen molar-refractivity contribution >= 4 is 5.97 Å². The fourth-order valence-electron chi connectivity index (χ4n) is 4.81. The third-order valence-corrected chi connectivity index (χ3v) is 6.13. The predicted molar refractivity (Wildman–Crippen MR) is 98.8 cm³/mol. The van der Waals surface area contributed by atoms with Gasteiger partial charge in [-0.3, -0.25) is 0 Å². The van der Waals surface area contributed by atoms with E-state index in [0.29, 0.717) is 24.7 Å². The number of esters is 1. The summed E-state index contributed by atoms with van der Waals surface area (Å²) in [6.07, 6.45) is 7.67. The Morgan fingerprint density at radius 2 is 1.88 bits per heavy atom. The van der Waals surface area contributed by atoms with Crippen LogP contribution < -0.4 is 4.74 Å². The van der Waals surface area contributed by atoms with Gasteiger partial charge in [0, 0.05) is 5.92 Å². The van der Waals surface area contributed by atoms with Gasteiger partial charge in [-0.05, 0) is 69.7 Å². The molecule has 2 aliphatic rings. The molecular formula is C21H32NO3+. The molecule has 3 rings (SSSR count). The van der Waals surface area contributed by atoms with Crippen LogP contribution in [0.2, 0.25) is 0 Å². The number of carbonyl (C=O) groups excluding carboxylic acids is 1. The van der Waals surface area contributed by atoms with Crippen molar-refractivity contribution in [2.75, 3.05) is 33.4 Å². The van der Waals surface area contributed by atoms with Crippen LogP contribution in [0.3, 0.4) is 0 Å². The Morgan fingerprint density at radius 3 is 2.64 bits per heavy atom. The van der Waals surface area contributed by atoms with E-state index in [1.165, 1.54) is 49.7 Å². The van der Waals surface area contributed by atoms with Gasteiger partial charge in [-0.15, -0.1) is 0 Å². The summed E-state index contributed by atoms with van der Waals surface area (Å²) in [6.45, 7) is 5.76. The molecule has 2 aliphatic heterocycles. The SMILES string of the molecule is CCOc1ccc(C(=O)OCC[C@H]2CCC[N@@+]3(C)CCCC[C@@H]23)cc1. The van der Waals surface area contributed by atoms with Crippen LogP contribution >= 0.6 is 0 Å². The zero-order valence-electron chi connectivity index (χ0n) is 15.7. The number of hydrogen-bond acceptors (Lipinski definition) is 3. The molecule has 25 heavy (non-hydrogen) atoms. The summed E-state index contributed by atoms with van der Waals surface area (Å²) >= 11 is 0. The van der Waals surface area contributed by atoms with Gasteiger partial charge >= 0.3 is 5.97 Å². The molecule has 1 aromatic rings. The standard InChI is InChI=1S/C21H32NO3/c1-3-24-19-11-9-18(10-12-19)21(23)25-16-13-17-7-6-15-22(2)14-5-4-8-20(17)22/h9-12,17,20H,3-8,13-16H2,1-2H3/q+1/t17-,20+,22-/m1/s1. The van der Waals surface area contributed by atoms with Gasteiger partial charge in [0.1, 0.15) is 5.75 Å². The number of piperidine rings is 2. The summed E-state index contributed by atoms with van der Waals surface area (Å²) in [5.41, 5.74) is 0.602. The molecule has 138 valence electrons. The van der Waals surface area contributed by atoms with Crippen molar-refractivity contribution in [2.24, 2.45) is 5.92 Å². The summed E-state index contributed by atoms with van der Waals surface area (Å²) < 4.78 is 12.2. The maximum absolute atomic E-state index is 12.2. The highest BCUT2D eigenvalue weighted by Gasteiger charge is 2.43. The second kappa shape index (κ2) is 8.22. The van der Waals surface area contributed by atoms with Gasteiger partial charge in [-0.2, -0.15) is 0 Å². The van der Waals surface area contributed by atoms with E-state index in [0.717, 1.165) is 18.2 Å². The lowest BCUT2D eigenvalue weighted by Crippen LogP contribution is -2.60. The van der Waals surface area contributed by atoms with E-state index in [1.807, 2.05) is 19.1 Å². The Bertz CT molecular complexity index is 567. The number of carbonyl (C=O) groups is 1. The molecule has 0 saturated carbocycles. The van der Waals surface area contributed by atoms with Crippen LogP contribution in [0.25, 0.3) is 0 Å². The van der Waals surface area contributed by atoms with Crippen molar-refractivity contribution < 1.29 is 18.8 Å². The van der Waals surface area contributed by atoms with E-state index in [4.69, 9.17) is 9.47 Å². The van der Waals surface area contributed by atoms with E-state index in [1.54, 1.807) is 12.1 Å². The van der Waals surface area contributed by atoms with Crippen LogP contribution in [-0.2, 0) is 4.74 Å². The normalized spacial score (nSPS) is 28.9. The van der Waals surface area contributed by atoms with Crippen molar-refractivity contribution in [3.8, 4) is 5.75 Å². The largest absolute Gasteiger partial charge is 0.494 e. The molecule has 2 saturated heterocycles. The molecule has 4 heteroatoms. The van der Waals surface area contributed by atoms with E-state index in [-0.39, 0.29) is 5.97 Å². The number of ether oxygens (including phenoxy) is 2. The minimum absolute atomic E-state index is 0.222. The lowest BCUT2D eigenvalue weighted by atomic mass is 9.80. The molecule has 0 radical (unpaired) electrons. The quantitative estimate of drug-likeness (QED) is 0.576. The zero-order valence-corrected chi connectivity index (χ0v) is 15.7. The molecule has 2 heterocycles. The maximum Gasteiger partial charge on any atom is 0.338 e. The Hall–Kier alpha value is -1.55. The van der Waals surface area contributed by atoms with Crippen LogP contribution in [0.4, 0.5) is 0 Å². The first kappa shape index (κ1) is 18.2. The van der Waals surface area contributed by atoms with Crippen molar-refractivity contribution in [1.29, 1.82) is 0 Å². The average molecular weight is 346 g/mol. The molecule has 0 amide bonds. The molecule has 1 aromatic carbocycles. The molecule has 2 fully saturated rings. The minimum Gasteiger partial charge on any atom is -0.494 e. The van der Waals surface area contributed by atoms with Gasteiger partial charge < -0.3 is 14.0 Å². The number of fused-ring (bicyclic) bond motifs is 1. The van der Waals surface area contributed by atoms with E-state index < -0.39 is 0 Å². The summed E-state index contributed by atoms with van der Waals surface area (Å²) in [5.74, 6) is 1.27. The van der Waals surface area contributed by atoms with E-state index in [9.17, 15) is 4.79 Å². The third-order valence-electron chi connectivity index (χ3n) is 6.13. The molecule has 0 aromatic heterocycles. The lowest BCUT2D eigenvalue weighted by molar-refractivity contribution is -0.947. The molecule has 0 N–H and O–H groups in total. The second-order valence-corrected chi connectivity index (χ2v) is 7.77. The predicted octanol–water partition coefficient (Wildman–Crippen LogP) is 4.04. The van der Waals surface area contributed by atoms with Gasteiger partial charge in [-0.25, -0.2) is 4.79 Å². The van der Waals surface area contributed by atoms with Gasteiger partial charge in [0.05, 0.1) is 45.0 Å². The molecule has 0 bridgehead atoms. The monoisotopic (exact) mass is 346 g/mol. The highest BCUT2D eigenvalue weighted by molar-refractivity contribution is 5.89. The number of rotatable bonds is 6. The van der Waals surface area contributed by atoms with Crippen molar-refractivity contribution in [3.63, 3.8) is 0 Å². The van der Waals surface area contributed by atoms with Gasteiger partial charge in [0.2, 0.25) is 0 Å². The highest BCUT2D eigenvalue weighted by Crippen LogP contribution is 2.37. The number of nitrogens with zero attached hydrogens (tertiary/aromatic N) is 1. The Kier molecular flexibility index (Phi) is 6.00. The maximum atomic E-state index is 12.2. The van der Waals surface area contributed by atoms with Crippen LogP contribution in [-0.4, -0.2) is 49.8 Å². The summed E-state index contributed by atoms with van der Waals surface area (Å²) in [7, 11) is 2.43. The number of benzene rings is 1. The summed E-state index contributed by atoms with van der Waals surface area (Å²) in [5, 5.41) is 0. The topological polar surface area (TPSA) is 35.5 Å². The Labute approximate surface area is 151 Å². The molecule has 0 aliphatic carbocycles. The van der Waals surface area contributed by atoms with Gasteiger partial charge in [0.15, 0.2) is 0 Å². The van der Waals surface area contributed by atoms with Crippen LogP contribution in [0.5, 0.6) is 5.75 Å². The molecule has 0 spiro atoms. The summed E-state index contributed by atoms with van der Waals surface area (Å²) in [4.78, 5) is 12.2. The fraction of sp³-hybridized carbons (Fsp3) is 0.667. The third kappa shape index (κ3) is 4.35. The van der Waals surface area contributed by atoms with E-state index in [2.05, 4.69) is 7.05 Å². The van der Waals surface area contributed by atoms with Crippen molar-refractivity contribution in [2.45, 2.75) is 51.5 Å². The molecular weight excluding hydrogens is 314 g/mol. The van der Waals surface area contributed by atoms with Gasteiger partial charge in [-0.1, -0.05) is 0 Å². The first-order valence-electron chi connectivity index (χ1n) is 9.86. The van der Waals surface area contributed by atoms with Crippen LogP contribution in [0, 0.1) is 5.92 Å². The molecule has 3 atom stereocenters. The average Bonchev–Trinajstić information content (AvgIpc) is 2.62. The van der Waals surface area contributed by atoms with Crippen LogP contribution in [0.1, 0.15) is 55.8 Å². The molecule has 0 unspecified atom stereocenters. The van der Waals surface area contributed by atoms with Crippen molar-refractivity contribution in [1.82, 2.24) is 0 Å². The number of hydrogen-bond donors (Lipinski definition) is 0. The van der Waals surface area contributed by atoms with Crippen molar-refractivity contribution in [3.05, 3.63) is 29.8 Å². The first-order chi connectivity index (χ1) is 12.1. The Morgan fingerprint density at radius 1 is 1.12 bits per heavy atom. The minimum atomic E-state index is -0.222. The zero-order chi connectivity index (χ0) is 17.7.